The van der Waals surface area contributed by atoms with E-state index in [1.165, 1.54) is 19.2 Å². The van der Waals surface area contributed by atoms with Crippen LogP contribution in [0.2, 0.25) is 0 Å². The Kier molecular flexibility index (Phi) is 6.84. The molecule has 1 aromatic rings. The molecular weight excluding hydrogens is 364 g/mol. The first-order valence-electron chi connectivity index (χ1n) is 6.82. The number of rotatable bonds is 6. The van der Waals surface area contributed by atoms with E-state index in [4.69, 9.17) is 4.74 Å². The highest BCUT2D eigenvalue weighted by Crippen LogP contribution is 2.27. The van der Waals surface area contributed by atoms with Gasteiger partial charge in [-0.25, -0.2) is 21.6 Å². The number of hydrogen-bond acceptors (Lipinski definition) is 6. The SMILES string of the molecule is COc1ccc(S(C)(=O)=O)cc1S(=O)(=O)NCC1CCNC1.Cl. The highest BCUT2D eigenvalue weighted by atomic mass is 35.5. The third kappa shape index (κ3) is 5.05. The molecule has 2 N–H and O–H groups in total. The van der Waals surface area contributed by atoms with Crippen LogP contribution in [0.4, 0.5) is 0 Å². The molecule has 0 aliphatic carbocycles. The number of halogens is 1. The predicted octanol–water partition coefficient (Wildman–Crippen LogP) is 0.408. The van der Waals surface area contributed by atoms with E-state index in [9.17, 15) is 16.8 Å². The van der Waals surface area contributed by atoms with Gasteiger partial charge in [-0.15, -0.1) is 12.4 Å². The second kappa shape index (κ2) is 7.80. The molecule has 1 unspecified atom stereocenters. The van der Waals surface area contributed by atoms with E-state index < -0.39 is 19.9 Å². The van der Waals surface area contributed by atoms with Gasteiger partial charge in [-0.3, -0.25) is 0 Å². The van der Waals surface area contributed by atoms with Crippen molar-refractivity contribution in [3.8, 4) is 5.75 Å². The summed E-state index contributed by atoms with van der Waals surface area (Å²) in [5.41, 5.74) is 0. The molecule has 0 spiro atoms. The van der Waals surface area contributed by atoms with Crippen molar-refractivity contribution in [3.05, 3.63) is 18.2 Å². The standard InChI is InChI=1S/C13H20N2O5S2.ClH/c1-20-12-4-3-11(21(2,16)17)7-13(12)22(18,19)15-9-10-5-6-14-8-10;/h3-4,7,10,14-15H,5-6,8-9H2,1-2H3;1H. The molecule has 1 heterocycles. The van der Waals surface area contributed by atoms with Gasteiger partial charge in [0.2, 0.25) is 10.0 Å². The summed E-state index contributed by atoms with van der Waals surface area (Å²) in [6.07, 6.45) is 1.94. The molecule has 23 heavy (non-hydrogen) atoms. The first-order valence-corrected chi connectivity index (χ1v) is 10.2. The number of hydrogen-bond donors (Lipinski definition) is 2. The van der Waals surface area contributed by atoms with E-state index in [2.05, 4.69) is 10.0 Å². The number of sulfonamides is 1. The van der Waals surface area contributed by atoms with Crippen molar-refractivity contribution in [2.24, 2.45) is 5.92 Å². The Morgan fingerprint density at radius 2 is 2.00 bits per heavy atom. The molecule has 0 aromatic heterocycles. The Morgan fingerprint density at radius 1 is 1.30 bits per heavy atom. The van der Waals surface area contributed by atoms with Crippen LogP contribution in [0.3, 0.4) is 0 Å². The first-order chi connectivity index (χ1) is 10.2. The van der Waals surface area contributed by atoms with E-state index >= 15 is 0 Å². The zero-order valence-corrected chi connectivity index (χ0v) is 15.4. The normalized spacial score (nSPS) is 18.4. The Balaban J connectivity index is 0.00000264. The molecular formula is C13H21ClN2O5S2. The fourth-order valence-corrected chi connectivity index (χ4v) is 4.32. The van der Waals surface area contributed by atoms with Gasteiger partial charge in [-0.2, -0.15) is 0 Å². The Morgan fingerprint density at radius 3 is 2.52 bits per heavy atom. The molecule has 1 aromatic carbocycles. The summed E-state index contributed by atoms with van der Waals surface area (Å²) < 4.78 is 55.7. The topological polar surface area (TPSA) is 102 Å². The van der Waals surface area contributed by atoms with Crippen molar-refractivity contribution < 1.29 is 21.6 Å². The van der Waals surface area contributed by atoms with Crippen LogP contribution < -0.4 is 14.8 Å². The van der Waals surface area contributed by atoms with Gasteiger partial charge in [0.05, 0.1) is 12.0 Å². The Hall–Kier alpha value is -0.870. The molecule has 1 aliphatic heterocycles. The molecule has 0 radical (unpaired) electrons. The smallest absolute Gasteiger partial charge is 0.244 e. The summed E-state index contributed by atoms with van der Waals surface area (Å²) in [6.45, 7) is 1.95. The van der Waals surface area contributed by atoms with Crippen LogP contribution in [0.1, 0.15) is 6.42 Å². The van der Waals surface area contributed by atoms with E-state index in [1.54, 1.807) is 0 Å². The monoisotopic (exact) mass is 384 g/mol. The van der Waals surface area contributed by atoms with Gasteiger partial charge in [0.25, 0.3) is 0 Å². The van der Waals surface area contributed by atoms with E-state index in [0.717, 1.165) is 31.8 Å². The van der Waals surface area contributed by atoms with E-state index in [-0.39, 0.29) is 33.9 Å². The largest absolute Gasteiger partial charge is 0.495 e. The van der Waals surface area contributed by atoms with Gasteiger partial charge in [0.15, 0.2) is 9.84 Å². The first kappa shape index (κ1) is 20.2. The van der Waals surface area contributed by atoms with Gasteiger partial charge in [0.1, 0.15) is 10.6 Å². The fourth-order valence-electron chi connectivity index (χ4n) is 2.29. The summed E-state index contributed by atoms with van der Waals surface area (Å²) in [5, 5.41) is 3.16. The van der Waals surface area contributed by atoms with Crippen LogP contribution >= 0.6 is 12.4 Å². The number of sulfone groups is 1. The van der Waals surface area contributed by atoms with Gasteiger partial charge in [-0.1, -0.05) is 0 Å². The second-order valence-corrected chi connectivity index (χ2v) is 9.05. The Labute approximate surface area is 143 Å². The lowest BCUT2D eigenvalue weighted by molar-refractivity contribution is 0.401. The van der Waals surface area contributed by atoms with Crippen LogP contribution in [0, 0.1) is 5.92 Å². The molecule has 0 bridgehead atoms. The highest BCUT2D eigenvalue weighted by molar-refractivity contribution is 7.91. The van der Waals surface area contributed by atoms with Gasteiger partial charge < -0.3 is 10.1 Å². The van der Waals surface area contributed by atoms with E-state index in [0.29, 0.717) is 6.54 Å². The van der Waals surface area contributed by atoms with Crippen LogP contribution in [0.15, 0.2) is 28.0 Å². The minimum atomic E-state index is -3.84. The molecule has 7 nitrogen and oxygen atoms in total. The molecule has 0 saturated carbocycles. The quantitative estimate of drug-likeness (QED) is 0.736. The zero-order valence-electron chi connectivity index (χ0n) is 12.9. The summed E-state index contributed by atoms with van der Waals surface area (Å²) in [6, 6.07) is 3.81. The zero-order chi connectivity index (χ0) is 16.4. The van der Waals surface area contributed by atoms with Crippen molar-refractivity contribution in [1.82, 2.24) is 10.0 Å². The number of benzene rings is 1. The maximum absolute atomic E-state index is 12.4. The lowest BCUT2D eigenvalue weighted by atomic mass is 10.1. The van der Waals surface area contributed by atoms with Crippen molar-refractivity contribution in [2.75, 3.05) is 33.0 Å². The lowest BCUT2D eigenvalue weighted by Crippen LogP contribution is -2.30. The van der Waals surface area contributed by atoms with Crippen molar-refractivity contribution >= 4 is 32.3 Å². The third-order valence-electron chi connectivity index (χ3n) is 3.58. The van der Waals surface area contributed by atoms with Gasteiger partial charge >= 0.3 is 0 Å². The summed E-state index contributed by atoms with van der Waals surface area (Å²) in [4.78, 5) is -0.222. The summed E-state index contributed by atoms with van der Waals surface area (Å²) in [5.74, 6) is 0.350. The van der Waals surface area contributed by atoms with Crippen LogP contribution in [0.25, 0.3) is 0 Å². The van der Waals surface area contributed by atoms with Gasteiger partial charge in [0, 0.05) is 12.8 Å². The van der Waals surface area contributed by atoms with Crippen LogP contribution in [-0.2, 0) is 19.9 Å². The molecule has 1 aliphatic rings. The minimum absolute atomic E-state index is 0. The number of methoxy groups -OCH3 is 1. The molecule has 10 heteroatoms. The molecule has 0 amide bonds. The number of ether oxygens (including phenoxy) is 1. The predicted molar refractivity (Wildman–Crippen MR) is 89.5 cm³/mol. The molecule has 1 atom stereocenters. The molecule has 1 fully saturated rings. The van der Waals surface area contributed by atoms with Crippen LogP contribution in [0.5, 0.6) is 5.75 Å². The van der Waals surface area contributed by atoms with Crippen molar-refractivity contribution in [3.63, 3.8) is 0 Å². The molecule has 1 saturated heterocycles. The second-order valence-electron chi connectivity index (χ2n) is 5.30. The maximum Gasteiger partial charge on any atom is 0.244 e. The van der Waals surface area contributed by atoms with Gasteiger partial charge in [-0.05, 0) is 43.6 Å². The minimum Gasteiger partial charge on any atom is -0.495 e. The lowest BCUT2D eigenvalue weighted by Gasteiger charge is -2.14. The molecule has 132 valence electrons. The van der Waals surface area contributed by atoms with Crippen molar-refractivity contribution in [2.45, 2.75) is 16.2 Å². The Bertz CT molecular complexity index is 744. The van der Waals surface area contributed by atoms with E-state index in [1.807, 2.05) is 0 Å². The average Bonchev–Trinajstić information content (AvgIpc) is 2.97. The number of nitrogens with one attached hydrogen (secondary N) is 2. The third-order valence-corrected chi connectivity index (χ3v) is 6.13. The fraction of sp³-hybridized carbons (Fsp3) is 0.538. The summed E-state index contributed by atoms with van der Waals surface area (Å²) in [7, 11) is -6.00. The van der Waals surface area contributed by atoms with Crippen LogP contribution in [-0.4, -0.2) is 49.8 Å². The maximum atomic E-state index is 12.4. The average molecular weight is 385 g/mol. The van der Waals surface area contributed by atoms with Crippen molar-refractivity contribution in [1.29, 1.82) is 0 Å². The highest BCUT2D eigenvalue weighted by Gasteiger charge is 2.24. The molecule has 2 rings (SSSR count). The summed E-state index contributed by atoms with van der Waals surface area (Å²) >= 11 is 0.